The number of benzene rings is 1. The van der Waals surface area contributed by atoms with Crippen LogP contribution in [0.4, 0.5) is 0 Å². The smallest absolute Gasteiger partial charge is 0.0482 e. The van der Waals surface area contributed by atoms with E-state index in [2.05, 4.69) is 41.8 Å². The van der Waals surface area contributed by atoms with Crippen molar-refractivity contribution in [3.63, 3.8) is 0 Å². The highest BCUT2D eigenvalue weighted by atomic mass is 15.0. The number of nitrogens with zero attached hydrogens (tertiary/aromatic N) is 1. The van der Waals surface area contributed by atoms with Gasteiger partial charge in [-0.15, -0.1) is 0 Å². The molecule has 0 unspecified atom stereocenters. The van der Waals surface area contributed by atoms with E-state index in [-0.39, 0.29) is 5.54 Å². The van der Waals surface area contributed by atoms with Crippen molar-refractivity contribution in [3.05, 3.63) is 36.0 Å². The Balaban J connectivity index is 1.92. The molecule has 2 heteroatoms. The maximum absolute atomic E-state index is 6.14. The molecule has 0 bridgehead atoms. The molecule has 16 heavy (non-hydrogen) atoms. The van der Waals surface area contributed by atoms with Crippen LogP contribution in [0.1, 0.15) is 25.0 Å². The largest absolute Gasteiger partial charge is 0.345 e. The van der Waals surface area contributed by atoms with Crippen LogP contribution >= 0.6 is 0 Å². The number of aryl methyl sites for hydroxylation is 2. The van der Waals surface area contributed by atoms with Crippen molar-refractivity contribution in [1.29, 1.82) is 0 Å². The molecule has 1 aromatic carbocycles. The lowest BCUT2D eigenvalue weighted by Gasteiger charge is -2.12. The maximum Gasteiger partial charge on any atom is 0.0482 e. The van der Waals surface area contributed by atoms with Crippen LogP contribution in [0.3, 0.4) is 0 Å². The van der Waals surface area contributed by atoms with Crippen molar-refractivity contribution in [1.82, 2.24) is 4.57 Å². The molecule has 2 N–H and O–H groups in total. The highest BCUT2D eigenvalue weighted by Crippen LogP contribution is 2.36. The van der Waals surface area contributed by atoms with E-state index in [1.807, 2.05) is 0 Å². The third kappa shape index (κ3) is 1.63. The van der Waals surface area contributed by atoms with E-state index >= 15 is 0 Å². The van der Waals surface area contributed by atoms with E-state index in [0.29, 0.717) is 0 Å². The van der Waals surface area contributed by atoms with Gasteiger partial charge in [0, 0.05) is 23.3 Å². The Hall–Kier alpha value is -1.28. The predicted molar refractivity (Wildman–Crippen MR) is 67.4 cm³/mol. The topological polar surface area (TPSA) is 30.9 Å². The second kappa shape index (κ2) is 3.36. The molecular weight excluding hydrogens is 196 g/mol. The minimum absolute atomic E-state index is 0.151. The summed E-state index contributed by atoms with van der Waals surface area (Å²) in [4.78, 5) is 0. The van der Waals surface area contributed by atoms with E-state index in [0.717, 1.165) is 13.0 Å². The fourth-order valence-electron chi connectivity index (χ4n) is 2.39. The number of hydrogen-bond donors (Lipinski definition) is 1. The average molecular weight is 214 g/mol. The molecule has 2 aromatic rings. The SMILES string of the molecule is Cc1cc2ccccc2n1CCC1(N)CC1. The third-order valence-electron chi connectivity index (χ3n) is 3.74. The molecule has 1 aliphatic carbocycles. The van der Waals surface area contributed by atoms with Crippen molar-refractivity contribution >= 4 is 10.9 Å². The van der Waals surface area contributed by atoms with Crippen molar-refractivity contribution in [2.45, 2.75) is 38.3 Å². The number of nitrogens with two attached hydrogens (primary N) is 1. The van der Waals surface area contributed by atoms with Crippen molar-refractivity contribution in [2.75, 3.05) is 0 Å². The summed E-state index contributed by atoms with van der Waals surface area (Å²) in [5.74, 6) is 0. The Bertz CT molecular complexity index is 521. The lowest BCUT2D eigenvalue weighted by atomic mass is 10.2. The van der Waals surface area contributed by atoms with Gasteiger partial charge in [0.2, 0.25) is 0 Å². The van der Waals surface area contributed by atoms with Gasteiger partial charge >= 0.3 is 0 Å². The van der Waals surface area contributed by atoms with Crippen LogP contribution in [0.2, 0.25) is 0 Å². The predicted octanol–water partition coefficient (Wildman–Crippen LogP) is 2.83. The quantitative estimate of drug-likeness (QED) is 0.836. The van der Waals surface area contributed by atoms with E-state index in [9.17, 15) is 0 Å². The molecule has 1 aromatic heterocycles. The van der Waals surface area contributed by atoms with Gasteiger partial charge in [0.1, 0.15) is 0 Å². The first-order valence-electron chi connectivity index (χ1n) is 6.02. The Labute approximate surface area is 96.1 Å². The Morgan fingerprint density at radius 1 is 1.31 bits per heavy atom. The summed E-state index contributed by atoms with van der Waals surface area (Å²) < 4.78 is 2.39. The molecule has 1 aliphatic rings. The molecule has 2 nitrogen and oxygen atoms in total. The molecule has 1 saturated carbocycles. The van der Waals surface area contributed by atoms with E-state index in [1.54, 1.807) is 0 Å². The van der Waals surface area contributed by atoms with Crippen molar-refractivity contribution in [2.24, 2.45) is 5.73 Å². The van der Waals surface area contributed by atoms with Gasteiger partial charge < -0.3 is 10.3 Å². The summed E-state index contributed by atoms with van der Waals surface area (Å²) in [6, 6.07) is 10.8. The first kappa shape index (κ1) is 9.91. The molecule has 0 radical (unpaired) electrons. The molecule has 0 amide bonds. The molecule has 3 rings (SSSR count). The van der Waals surface area contributed by atoms with Gasteiger partial charge in [0.15, 0.2) is 0 Å². The van der Waals surface area contributed by atoms with Gasteiger partial charge in [-0.1, -0.05) is 18.2 Å². The number of fused-ring (bicyclic) bond motifs is 1. The van der Waals surface area contributed by atoms with Crippen LogP contribution in [0.5, 0.6) is 0 Å². The Morgan fingerprint density at radius 3 is 2.81 bits per heavy atom. The second-order valence-corrected chi connectivity index (χ2v) is 5.11. The van der Waals surface area contributed by atoms with Gasteiger partial charge in [0.25, 0.3) is 0 Å². The fraction of sp³-hybridized carbons (Fsp3) is 0.429. The lowest BCUT2D eigenvalue weighted by Crippen LogP contribution is -2.23. The monoisotopic (exact) mass is 214 g/mol. The molecule has 0 saturated heterocycles. The minimum Gasteiger partial charge on any atom is -0.345 e. The molecule has 0 atom stereocenters. The van der Waals surface area contributed by atoms with Crippen LogP contribution in [-0.2, 0) is 6.54 Å². The zero-order valence-electron chi connectivity index (χ0n) is 9.74. The van der Waals surface area contributed by atoms with Crippen LogP contribution in [0.15, 0.2) is 30.3 Å². The van der Waals surface area contributed by atoms with E-state index in [4.69, 9.17) is 5.73 Å². The molecule has 0 spiro atoms. The van der Waals surface area contributed by atoms with Gasteiger partial charge in [-0.05, 0) is 43.7 Å². The summed E-state index contributed by atoms with van der Waals surface area (Å²) >= 11 is 0. The summed E-state index contributed by atoms with van der Waals surface area (Å²) in [7, 11) is 0. The minimum atomic E-state index is 0.151. The number of rotatable bonds is 3. The maximum atomic E-state index is 6.14. The van der Waals surface area contributed by atoms with Crippen LogP contribution in [0.25, 0.3) is 10.9 Å². The summed E-state index contributed by atoms with van der Waals surface area (Å²) in [6.07, 6.45) is 3.50. The average Bonchev–Trinajstić information content (AvgIpc) is 2.91. The summed E-state index contributed by atoms with van der Waals surface area (Å²) in [5.41, 5.74) is 8.97. The fourth-order valence-corrected chi connectivity index (χ4v) is 2.39. The number of aromatic nitrogens is 1. The molecule has 84 valence electrons. The molecule has 0 aliphatic heterocycles. The first-order valence-corrected chi connectivity index (χ1v) is 6.02. The first-order chi connectivity index (χ1) is 7.68. The zero-order chi connectivity index (χ0) is 11.2. The highest BCUT2D eigenvalue weighted by Gasteiger charge is 2.37. The van der Waals surface area contributed by atoms with Crippen LogP contribution in [-0.4, -0.2) is 10.1 Å². The third-order valence-corrected chi connectivity index (χ3v) is 3.74. The van der Waals surface area contributed by atoms with E-state index in [1.165, 1.54) is 29.4 Å². The molecule has 1 fully saturated rings. The zero-order valence-corrected chi connectivity index (χ0v) is 9.74. The molecule has 1 heterocycles. The summed E-state index contributed by atoms with van der Waals surface area (Å²) in [5, 5.41) is 1.34. The number of hydrogen-bond acceptors (Lipinski definition) is 1. The molecular formula is C14H18N2. The Kier molecular flexibility index (Phi) is 2.08. The number of para-hydroxylation sites is 1. The highest BCUT2D eigenvalue weighted by molar-refractivity contribution is 5.81. The van der Waals surface area contributed by atoms with Gasteiger partial charge in [-0.2, -0.15) is 0 Å². The Morgan fingerprint density at radius 2 is 2.06 bits per heavy atom. The standard InChI is InChI=1S/C14H18N2/c1-11-10-12-4-2-3-5-13(12)16(11)9-8-14(15)6-7-14/h2-5,10H,6-9,15H2,1H3. The lowest BCUT2D eigenvalue weighted by molar-refractivity contribution is 0.536. The second-order valence-electron chi connectivity index (χ2n) is 5.11. The van der Waals surface area contributed by atoms with Crippen molar-refractivity contribution < 1.29 is 0 Å². The normalized spacial score (nSPS) is 17.9. The van der Waals surface area contributed by atoms with Gasteiger partial charge in [-0.3, -0.25) is 0 Å². The van der Waals surface area contributed by atoms with Crippen LogP contribution < -0.4 is 5.73 Å². The van der Waals surface area contributed by atoms with Crippen LogP contribution in [0, 0.1) is 6.92 Å². The van der Waals surface area contributed by atoms with Gasteiger partial charge in [0.05, 0.1) is 0 Å². The summed E-state index contributed by atoms with van der Waals surface area (Å²) in [6.45, 7) is 3.23. The van der Waals surface area contributed by atoms with E-state index < -0.39 is 0 Å². The van der Waals surface area contributed by atoms with Gasteiger partial charge in [-0.25, -0.2) is 0 Å². The van der Waals surface area contributed by atoms with Crippen molar-refractivity contribution in [3.8, 4) is 0 Å².